The first-order valence-electron chi connectivity index (χ1n) is 3.24. The van der Waals surface area contributed by atoms with E-state index in [9.17, 15) is 9.30 Å². The molecule has 0 saturated carbocycles. The van der Waals surface area contributed by atoms with Crippen molar-refractivity contribution >= 4 is 11.4 Å². The van der Waals surface area contributed by atoms with Crippen molar-refractivity contribution < 1.29 is 14.5 Å². The Morgan fingerprint density at radius 1 is 1.58 bits per heavy atom. The predicted octanol–water partition coefficient (Wildman–Crippen LogP) is 1.52. The Morgan fingerprint density at radius 3 is 2.67 bits per heavy atom. The summed E-state index contributed by atoms with van der Waals surface area (Å²) in [6.45, 7) is 1.43. The molecule has 0 saturated heterocycles. The second kappa shape index (κ2) is 2.77. The average Bonchev–Trinajstić information content (AvgIpc) is 2.00. The monoisotopic (exact) mass is 171 g/mol. The molecule has 1 aromatic carbocycles. The third kappa shape index (κ3) is 1.20. The number of rotatable bonds is 1. The molecule has 0 amide bonds. The van der Waals surface area contributed by atoms with Crippen LogP contribution in [0.4, 0.5) is 15.8 Å². The Balaban J connectivity index is 3.36. The minimum Gasteiger partial charge on any atom is -0.393 e. The smallest absolute Gasteiger partial charge is 0.339 e. The van der Waals surface area contributed by atoms with Crippen LogP contribution in [0.5, 0.6) is 0 Å². The Kier molecular flexibility index (Phi) is 1.95. The first kappa shape index (κ1) is 8.45. The summed E-state index contributed by atoms with van der Waals surface area (Å²) in [5.74, 6) is -0.502. The lowest BCUT2D eigenvalue weighted by molar-refractivity contribution is -0.729. The molecule has 0 heterocycles. The van der Waals surface area contributed by atoms with E-state index in [0.29, 0.717) is 0 Å². The van der Waals surface area contributed by atoms with Gasteiger partial charge in [-0.05, 0) is 13.0 Å². The molecule has 0 radical (unpaired) electrons. The predicted molar refractivity (Wildman–Crippen MR) is 40.6 cm³/mol. The highest BCUT2D eigenvalue weighted by Crippen LogP contribution is 2.25. The highest BCUT2D eigenvalue weighted by molar-refractivity contribution is 5.62. The van der Waals surface area contributed by atoms with E-state index in [-0.39, 0.29) is 21.9 Å². The van der Waals surface area contributed by atoms with Crippen LogP contribution in [0.2, 0.25) is 0 Å². The van der Waals surface area contributed by atoms with Gasteiger partial charge in [0.1, 0.15) is 11.5 Å². The van der Waals surface area contributed by atoms with E-state index in [1.807, 2.05) is 0 Å². The summed E-state index contributed by atoms with van der Waals surface area (Å²) in [6, 6.07) is 2.19. The van der Waals surface area contributed by atoms with Crippen molar-refractivity contribution in [3.05, 3.63) is 28.4 Å². The molecule has 0 atom stereocenters. The molecule has 1 aromatic rings. The maximum absolute atomic E-state index is 12.7. The van der Waals surface area contributed by atoms with Crippen LogP contribution in [0.15, 0.2) is 12.1 Å². The first-order valence-corrected chi connectivity index (χ1v) is 3.24. The van der Waals surface area contributed by atoms with Crippen molar-refractivity contribution in [1.82, 2.24) is 0 Å². The van der Waals surface area contributed by atoms with Crippen LogP contribution in [0, 0.1) is 17.6 Å². The first-order chi connectivity index (χ1) is 5.54. The number of anilines is 1. The summed E-state index contributed by atoms with van der Waals surface area (Å²) < 4.78 is 12.7. The Bertz CT molecular complexity index is 338. The van der Waals surface area contributed by atoms with E-state index >= 15 is 0 Å². The zero-order valence-electron chi connectivity index (χ0n) is 6.41. The van der Waals surface area contributed by atoms with Gasteiger partial charge in [-0.15, -0.1) is 0 Å². The van der Waals surface area contributed by atoms with Crippen LogP contribution in [-0.4, -0.2) is 10.1 Å². The SMILES string of the molecule is Cc1c(F)ccc([N+](=O)O)c1N. The van der Waals surface area contributed by atoms with Gasteiger partial charge in [0.25, 0.3) is 4.92 Å². The van der Waals surface area contributed by atoms with Gasteiger partial charge in [-0.1, -0.05) is 0 Å². The van der Waals surface area contributed by atoms with E-state index < -0.39 is 5.82 Å². The van der Waals surface area contributed by atoms with Gasteiger partial charge in [0.2, 0.25) is 0 Å². The van der Waals surface area contributed by atoms with Gasteiger partial charge < -0.3 is 5.73 Å². The largest absolute Gasteiger partial charge is 0.393 e. The molecule has 0 spiro atoms. The highest BCUT2D eigenvalue weighted by atomic mass is 19.1. The van der Waals surface area contributed by atoms with Gasteiger partial charge in [-0.2, -0.15) is 0 Å². The minimum atomic E-state index is -0.502. The molecule has 1 rings (SSSR count). The Hall–Kier alpha value is -1.65. The topological polar surface area (TPSA) is 66.3 Å². The lowest BCUT2D eigenvalue weighted by Crippen LogP contribution is -2.01. The molecule has 12 heavy (non-hydrogen) atoms. The molecule has 0 fully saturated rings. The third-order valence-corrected chi connectivity index (χ3v) is 1.63. The van der Waals surface area contributed by atoms with Gasteiger partial charge in [0.15, 0.2) is 0 Å². The summed E-state index contributed by atoms with van der Waals surface area (Å²) in [4.78, 5) is 10.0. The van der Waals surface area contributed by atoms with E-state index in [4.69, 9.17) is 10.9 Å². The summed E-state index contributed by atoms with van der Waals surface area (Å²) in [5, 5.41) is 8.50. The van der Waals surface area contributed by atoms with Gasteiger partial charge in [0, 0.05) is 11.6 Å². The summed E-state index contributed by atoms with van der Waals surface area (Å²) in [6.07, 6.45) is 0. The standard InChI is InChI=1S/C7H8FN2O2/c1-4-5(8)2-3-6(7(4)9)10(11)12/h2-3H,9H2,1H3,(H,11,12)/q+1. The second-order valence-corrected chi connectivity index (χ2v) is 2.38. The third-order valence-electron chi connectivity index (χ3n) is 1.63. The van der Waals surface area contributed by atoms with Crippen LogP contribution >= 0.6 is 0 Å². The quantitative estimate of drug-likeness (QED) is 0.497. The van der Waals surface area contributed by atoms with Gasteiger partial charge in [-0.25, -0.2) is 9.60 Å². The number of halogens is 1. The number of benzene rings is 1. The maximum Gasteiger partial charge on any atom is 0.339 e. The van der Waals surface area contributed by atoms with E-state index in [1.165, 1.54) is 6.92 Å². The molecule has 0 aliphatic heterocycles. The summed E-state index contributed by atoms with van der Waals surface area (Å²) in [5.41, 5.74) is 5.30. The van der Waals surface area contributed by atoms with Gasteiger partial charge in [0.05, 0.1) is 4.91 Å². The average molecular weight is 171 g/mol. The van der Waals surface area contributed by atoms with Crippen molar-refractivity contribution in [2.45, 2.75) is 6.92 Å². The maximum atomic E-state index is 12.7. The summed E-state index contributed by atoms with van der Waals surface area (Å²) >= 11 is 0. The van der Waals surface area contributed by atoms with Crippen LogP contribution in [-0.2, 0) is 0 Å². The Labute approximate surface area is 68.0 Å². The van der Waals surface area contributed by atoms with Gasteiger partial charge in [-0.3, -0.25) is 0 Å². The van der Waals surface area contributed by atoms with Crippen molar-refractivity contribution in [1.29, 1.82) is 0 Å². The molecule has 0 aliphatic rings. The zero-order chi connectivity index (χ0) is 9.30. The van der Waals surface area contributed by atoms with Crippen LogP contribution in [0.1, 0.15) is 5.56 Å². The number of hydrogen-bond acceptors (Lipinski definition) is 2. The number of nitrogens with two attached hydrogens (primary N) is 1. The van der Waals surface area contributed by atoms with Crippen LogP contribution < -0.4 is 5.73 Å². The molecule has 0 aliphatic carbocycles. The molecule has 0 bridgehead atoms. The van der Waals surface area contributed by atoms with Crippen LogP contribution in [0.3, 0.4) is 0 Å². The number of nitrogens with zero attached hydrogens (tertiary/aromatic N) is 1. The molecule has 64 valence electrons. The van der Waals surface area contributed by atoms with Crippen molar-refractivity contribution in [2.24, 2.45) is 0 Å². The lowest BCUT2D eigenvalue weighted by Gasteiger charge is -1.98. The van der Waals surface area contributed by atoms with Crippen molar-refractivity contribution in [3.8, 4) is 0 Å². The lowest BCUT2D eigenvalue weighted by atomic mass is 10.1. The molecule has 5 heteroatoms. The molecular weight excluding hydrogens is 163 g/mol. The molecule has 0 aromatic heterocycles. The van der Waals surface area contributed by atoms with Crippen LogP contribution in [0.25, 0.3) is 0 Å². The van der Waals surface area contributed by atoms with Crippen molar-refractivity contribution in [3.63, 3.8) is 0 Å². The van der Waals surface area contributed by atoms with E-state index in [2.05, 4.69) is 0 Å². The van der Waals surface area contributed by atoms with E-state index in [1.54, 1.807) is 0 Å². The number of nitrogen functional groups attached to an aromatic ring is 1. The number of hydrogen-bond donors (Lipinski definition) is 2. The second-order valence-electron chi connectivity index (χ2n) is 2.38. The molecule has 4 nitrogen and oxygen atoms in total. The van der Waals surface area contributed by atoms with Crippen molar-refractivity contribution in [2.75, 3.05) is 5.73 Å². The van der Waals surface area contributed by atoms with Gasteiger partial charge >= 0.3 is 5.69 Å². The normalized spacial score (nSPS) is 9.83. The Morgan fingerprint density at radius 2 is 2.17 bits per heavy atom. The molecule has 0 unspecified atom stereocenters. The minimum absolute atomic E-state index is 0.0486. The fraction of sp³-hybridized carbons (Fsp3) is 0.143. The zero-order valence-corrected chi connectivity index (χ0v) is 6.41. The fourth-order valence-corrected chi connectivity index (χ4v) is 0.854. The fourth-order valence-electron chi connectivity index (χ4n) is 0.854. The molecule has 3 N–H and O–H groups in total. The highest BCUT2D eigenvalue weighted by Gasteiger charge is 2.19. The molecular formula is C7H8FN2O2+. The summed E-state index contributed by atoms with van der Waals surface area (Å²) in [7, 11) is 0. The van der Waals surface area contributed by atoms with E-state index in [0.717, 1.165) is 12.1 Å².